The number of carbonyl (C=O) groups excluding carboxylic acids is 1. The van der Waals surface area contributed by atoms with E-state index in [-0.39, 0.29) is 11.9 Å². The second-order valence-corrected chi connectivity index (χ2v) is 4.23. The molecule has 2 amide bonds. The number of amides is 2. The molecule has 0 radical (unpaired) electrons. The Morgan fingerprint density at radius 3 is 2.75 bits per heavy atom. The van der Waals surface area contributed by atoms with Gasteiger partial charge in [0.1, 0.15) is 5.82 Å². The van der Waals surface area contributed by atoms with Crippen molar-refractivity contribution in [2.75, 3.05) is 7.05 Å². The summed E-state index contributed by atoms with van der Waals surface area (Å²) in [6, 6.07) is 3.62. The Hall–Kier alpha value is -1.14. The largest absolute Gasteiger partial charge is 0.341 e. The van der Waals surface area contributed by atoms with Gasteiger partial charge >= 0.3 is 6.03 Å². The summed E-state index contributed by atoms with van der Waals surface area (Å²) < 4.78 is 13.4. The van der Waals surface area contributed by atoms with Gasteiger partial charge in [-0.05, 0) is 40.5 Å². The van der Waals surface area contributed by atoms with Crippen LogP contribution in [0.4, 0.5) is 9.18 Å². The molecule has 0 aliphatic carbocycles. The SMILES string of the molecule is CC(c1ccc(F)c(Br)c1)N(C)C(=O)NO. The summed E-state index contributed by atoms with van der Waals surface area (Å²) in [7, 11) is 1.54. The minimum absolute atomic E-state index is 0.274. The summed E-state index contributed by atoms with van der Waals surface area (Å²) in [6.07, 6.45) is 0. The molecule has 4 nitrogen and oxygen atoms in total. The van der Waals surface area contributed by atoms with Gasteiger partial charge in [0.05, 0.1) is 10.5 Å². The van der Waals surface area contributed by atoms with Gasteiger partial charge < -0.3 is 4.90 Å². The third-order valence-electron chi connectivity index (χ3n) is 2.42. The zero-order valence-electron chi connectivity index (χ0n) is 8.87. The van der Waals surface area contributed by atoms with Crippen LogP contribution in [0, 0.1) is 5.82 Å². The molecule has 1 atom stereocenters. The van der Waals surface area contributed by atoms with E-state index in [0.29, 0.717) is 4.47 Å². The molecule has 0 bridgehead atoms. The molecule has 0 heterocycles. The highest BCUT2D eigenvalue weighted by Gasteiger charge is 2.17. The minimum atomic E-state index is -0.618. The van der Waals surface area contributed by atoms with Crippen LogP contribution in [-0.4, -0.2) is 23.2 Å². The molecule has 0 aliphatic heterocycles. The van der Waals surface area contributed by atoms with Crippen LogP contribution in [0.15, 0.2) is 22.7 Å². The van der Waals surface area contributed by atoms with Crippen molar-refractivity contribution in [1.82, 2.24) is 10.4 Å². The van der Waals surface area contributed by atoms with Gasteiger partial charge in [-0.3, -0.25) is 5.21 Å². The summed E-state index contributed by atoms with van der Waals surface area (Å²) >= 11 is 3.07. The lowest BCUT2D eigenvalue weighted by Crippen LogP contribution is -2.37. The first-order chi connectivity index (χ1) is 7.47. The van der Waals surface area contributed by atoms with Crippen LogP contribution < -0.4 is 5.48 Å². The Labute approximate surface area is 101 Å². The first-order valence-corrected chi connectivity index (χ1v) is 5.38. The molecule has 6 heteroatoms. The van der Waals surface area contributed by atoms with E-state index in [0.717, 1.165) is 5.56 Å². The summed E-state index contributed by atoms with van der Waals surface area (Å²) in [5, 5.41) is 8.49. The molecule has 16 heavy (non-hydrogen) atoms. The van der Waals surface area contributed by atoms with Crippen molar-refractivity contribution in [3.05, 3.63) is 34.1 Å². The number of hydroxylamine groups is 1. The van der Waals surface area contributed by atoms with E-state index in [1.807, 2.05) is 0 Å². The van der Waals surface area contributed by atoms with E-state index in [2.05, 4.69) is 15.9 Å². The van der Waals surface area contributed by atoms with E-state index in [4.69, 9.17) is 5.21 Å². The van der Waals surface area contributed by atoms with Gasteiger partial charge in [-0.15, -0.1) is 0 Å². The standard InChI is InChI=1S/C10H12BrFN2O2/c1-6(14(2)10(15)13-16)7-3-4-9(12)8(11)5-7/h3-6,16H,1-2H3,(H,13,15). The van der Waals surface area contributed by atoms with Gasteiger partial charge in [0.2, 0.25) is 0 Å². The highest BCUT2D eigenvalue weighted by molar-refractivity contribution is 9.10. The number of halogens is 2. The zero-order chi connectivity index (χ0) is 12.3. The summed E-state index contributed by atoms with van der Waals surface area (Å²) in [5.41, 5.74) is 2.31. The molecule has 0 saturated heterocycles. The molecule has 1 unspecified atom stereocenters. The number of benzene rings is 1. The topological polar surface area (TPSA) is 52.6 Å². The van der Waals surface area contributed by atoms with Crippen LogP contribution in [0.5, 0.6) is 0 Å². The molecular weight excluding hydrogens is 279 g/mol. The maximum absolute atomic E-state index is 13.0. The Morgan fingerprint density at radius 2 is 2.25 bits per heavy atom. The molecule has 0 aromatic heterocycles. The molecule has 1 rings (SSSR count). The average Bonchev–Trinajstić information content (AvgIpc) is 2.29. The number of nitrogens with zero attached hydrogens (tertiary/aromatic N) is 1. The van der Waals surface area contributed by atoms with E-state index < -0.39 is 6.03 Å². The third-order valence-corrected chi connectivity index (χ3v) is 3.03. The van der Waals surface area contributed by atoms with Gasteiger partial charge in [-0.1, -0.05) is 6.07 Å². The molecule has 0 fully saturated rings. The fourth-order valence-electron chi connectivity index (χ4n) is 1.25. The highest BCUT2D eigenvalue weighted by atomic mass is 79.9. The lowest BCUT2D eigenvalue weighted by atomic mass is 10.1. The second kappa shape index (κ2) is 5.27. The van der Waals surface area contributed by atoms with Gasteiger partial charge in [-0.2, -0.15) is 0 Å². The molecule has 1 aromatic carbocycles. The molecule has 0 saturated carbocycles. The van der Waals surface area contributed by atoms with Crippen molar-refractivity contribution in [3.63, 3.8) is 0 Å². The molecule has 0 spiro atoms. The first kappa shape index (κ1) is 12.9. The highest BCUT2D eigenvalue weighted by Crippen LogP contribution is 2.24. The van der Waals surface area contributed by atoms with Crippen molar-refractivity contribution in [2.45, 2.75) is 13.0 Å². The maximum atomic E-state index is 13.0. The smallest absolute Gasteiger partial charge is 0.319 e. The van der Waals surface area contributed by atoms with E-state index in [9.17, 15) is 9.18 Å². The predicted molar refractivity (Wildman–Crippen MR) is 60.6 cm³/mol. The maximum Gasteiger partial charge on any atom is 0.341 e. The number of urea groups is 1. The Balaban J connectivity index is 2.91. The summed E-state index contributed by atoms with van der Waals surface area (Å²) in [5.74, 6) is -0.356. The molecule has 1 aromatic rings. The van der Waals surface area contributed by atoms with Crippen molar-refractivity contribution in [1.29, 1.82) is 0 Å². The normalized spacial score (nSPS) is 12.1. The molecule has 2 N–H and O–H groups in total. The van der Waals surface area contributed by atoms with Crippen LogP contribution in [-0.2, 0) is 0 Å². The van der Waals surface area contributed by atoms with Crippen LogP contribution >= 0.6 is 15.9 Å². The van der Waals surface area contributed by atoms with Crippen molar-refractivity contribution in [3.8, 4) is 0 Å². The lowest BCUT2D eigenvalue weighted by Gasteiger charge is -2.24. The number of hydrogen-bond acceptors (Lipinski definition) is 2. The minimum Gasteiger partial charge on any atom is -0.319 e. The first-order valence-electron chi connectivity index (χ1n) is 4.59. The van der Waals surface area contributed by atoms with Crippen LogP contribution in [0.3, 0.4) is 0 Å². The summed E-state index contributed by atoms with van der Waals surface area (Å²) in [4.78, 5) is 12.5. The number of hydrogen-bond donors (Lipinski definition) is 2. The van der Waals surface area contributed by atoms with Crippen LogP contribution in [0.25, 0.3) is 0 Å². The van der Waals surface area contributed by atoms with Crippen molar-refractivity contribution >= 4 is 22.0 Å². The third kappa shape index (κ3) is 2.70. The summed E-state index contributed by atoms with van der Waals surface area (Å²) in [6.45, 7) is 1.77. The lowest BCUT2D eigenvalue weighted by molar-refractivity contribution is 0.127. The van der Waals surface area contributed by atoms with Gasteiger partial charge in [-0.25, -0.2) is 14.7 Å². The fraction of sp³-hybridized carbons (Fsp3) is 0.300. The Kier molecular flexibility index (Phi) is 4.26. The second-order valence-electron chi connectivity index (χ2n) is 3.38. The van der Waals surface area contributed by atoms with Crippen LogP contribution in [0.1, 0.15) is 18.5 Å². The van der Waals surface area contributed by atoms with Gasteiger partial charge in [0, 0.05) is 7.05 Å². The number of rotatable bonds is 2. The average molecular weight is 291 g/mol. The van der Waals surface area contributed by atoms with E-state index in [1.165, 1.54) is 18.0 Å². The van der Waals surface area contributed by atoms with E-state index in [1.54, 1.807) is 24.5 Å². The Morgan fingerprint density at radius 1 is 1.62 bits per heavy atom. The predicted octanol–water partition coefficient (Wildman–Crippen LogP) is 2.68. The van der Waals surface area contributed by atoms with Crippen LogP contribution in [0.2, 0.25) is 0 Å². The van der Waals surface area contributed by atoms with E-state index >= 15 is 0 Å². The fourth-order valence-corrected chi connectivity index (χ4v) is 1.65. The zero-order valence-corrected chi connectivity index (χ0v) is 10.5. The molecule has 0 aliphatic rings. The van der Waals surface area contributed by atoms with Gasteiger partial charge in [0.25, 0.3) is 0 Å². The number of carbonyl (C=O) groups is 1. The monoisotopic (exact) mass is 290 g/mol. The van der Waals surface area contributed by atoms with Crippen molar-refractivity contribution in [2.24, 2.45) is 0 Å². The molecule has 88 valence electrons. The Bertz CT molecular complexity index is 400. The number of nitrogens with one attached hydrogen (secondary N) is 1. The van der Waals surface area contributed by atoms with Gasteiger partial charge in [0.15, 0.2) is 0 Å². The quantitative estimate of drug-likeness (QED) is 0.650. The van der Waals surface area contributed by atoms with Crippen molar-refractivity contribution < 1.29 is 14.4 Å². The molecular formula is C10H12BrFN2O2.